The lowest BCUT2D eigenvalue weighted by Crippen LogP contribution is -2.38. The summed E-state index contributed by atoms with van der Waals surface area (Å²) in [7, 11) is 1.76. The molecule has 0 bridgehead atoms. The number of hydrogen-bond donors (Lipinski definition) is 2. The van der Waals surface area contributed by atoms with Gasteiger partial charge in [-0.25, -0.2) is 0 Å². The zero-order valence-corrected chi connectivity index (χ0v) is 16.7. The minimum Gasteiger partial charge on any atom is -0.454 e. The molecule has 0 fully saturated rings. The SMILES string of the molecule is CN=C(NCCc1ccc2c(c1)OCO2)NCc1cccc(C)n1.I. The number of nitrogens with one attached hydrogen (secondary N) is 2. The van der Waals surface area contributed by atoms with Gasteiger partial charge in [0.15, 0.2) is 17.5 Å². The van der Waals surface area contributed by atoms with Crippen LogP contribution in [0.4, 0.5) is 0 Å². The highest BCUT2D eigenvalue weighted by atomic mass is 127. The van der Waals surface area contributed by atoms with E-state index < -0.39 is 0 Å². The van der Waals surface area contributed by atoms with Crippen LogP contribution in [0, 0.1) is 6.92 Å². The summed E-state index contributed by atoms with van der Waals surface area (Å²) in [5.74, 6) is 2.40. The van der Waals surface area contributed by atoms with Crippen molar-refractivity contribution in [1.82, 2.24) is 15.6 Å². The second kappa shape index (κ2) is 9.45. The number of nitrogens with zero attached hydrogens (tertiary/aromatic N) is 2. The average Bonchev–Trinajstić information content (AvgIpc) is 3.05. The minimum atomic E-state index is 0. The molecule has 0 unspecified atom stereocenters. The van der Waals surface area contributed by atoms with Crippen molar-refractivity contribution in [3.8, 4) is 11.5 Å². The van der Waals surface area contributed by atoms with E-state index in [2.05, 4.69) is 26.7 Å². The van der Waals surface area contributed by atoms with Gasteiger partial charge in [-0.05, 0) is 43.2 Å². The first-order chi connectivity index (χ1) is 11.7. The van der Waals surface area contributed by atoms with Crippen molar-refractivity contribution < 1.29 is 9.47 Å². The molecule has 0 saturated heterocycles. The molecule has 0 atom stereocenters. The number of hydrogen-bond acceptors (Lipinski definition) is 4. The molecule has 1 aliphatic heterocycles. The van der Waals surface area contributed by atoms with E-state index in [9.17, 15) is 0 Å². The highest BCUT2D eigenvalue weighted by Gasteiger charge is 2.12. The quantitative estimate of drug-likeness (QED) is 0.413. The summed E-state index contributed by atoms with van der Waals surface area (Å²) in [4.78, 5) is 8.71. The smallest absolute Gasteiger partial charge is 0.231 e. The van der Waals surface area contributed by atoms with Crippen LogP contribution in [-0.2, 0) is 13.0 Å². The molecule has 0 spiro atoms. The number of aromatic nitrogens is 1. The molecule has 2 N–H and O–H groups in total. The number of aliphatic imine (C=N–C) groups is 1. The van der Waals surface area contributed by atoms with Crippen LogP contribution in [0.2, 0.25) is 0 Å². The summed E-state index contributed by atoms with van der Waals surface area (Å²) in [6.45, 7) is 3.72. The molecule has 1 aromatic heterocycles. The largest absolute Gasteiger partial charge is 0.454 e. The molecule has 25 heavy (non-hydrogen) atoms. The molecule has 6 nitrogen and oxygen atoms in total. The molecular formula is C18H23IN4O2. The van der Waals surface area contributed by atoms with Gasteiger partial charge in [-0.3, -0.25) is 9.98 Å². The van der Waals surface area contributed by atoms with Gasteiger partial charge in [0, 0.05) is 19.3 Å². The van der Waals surface area contributed by atoms with Crippen LogP contribution in [0.5, 0.6) is 11.5 Å². The lowest BCUT2D eigenvalue weighted by molar-refractivity contribution is 0.174. The maximum atomic E-state index is 5.40. The summed E-state index contributed by atoms with van der Waals surface area (Å²) in [5.41, 5.74) is 3.20. The second-order valence-electron chi connectivity index (χ2n) is 5.56. The Morgan fingerprint density at radius 1 is 1.16 bits per heavy atom. The molecule has 0 saturated carbocycles. The highest BCUT2D eigenvalue weighted by Crippen LogP contribution is 2.32. The van der Waals surface area contributed by atoms with Crippen molar-refractivity contribution >= 4 is 29.9 Å². The monoisotopic (exact) mass is 454 g/mol. The number of fused-ring (bicyclic) bond motifs is 1. The predicted octanol–water partition coefficient (Wildman–Crippen LogP) is 2.64. The van der Waals surface area contributed by atoms with Crippen LogP contribution < -0.4 is 20.1 Å². The normalized spacial score (nSPS) is 12.5. The van der Waals surface area contributed by atoms with E-state index in [1.165, 1.54) is 5.56 Å². The van der Waals surface area contributed by atoms with Gasteiger partial charge in [0.2, 0.25) is 6.79 Å². The van der Waals surface area contributed by atoms with Crippen molar-refractivity contribution in [2.24, 2.45) is 4.99 Å². The van der Waals surface area contributed by atoms with Crippen molar-refractivity contribution in [2.75, 3.05) is 20.4 Å². The molecule has 2 heterocycles. The first kappa shape index (κ1) is 19.3. The summed E-state index contributed by atoms with van der Waals surface area (Å²) in [6.07, 6.45) is 0.875. The number of ether oxygens (including phenoxy) is 2. The fraction of sp³-hybridized carbons (Fsp3) is 0.333. The zero-order chi connectivity index (χ0) is 16.8. The van der Waals surface area contributed by atoms with E-state index in [0.29, 0.717) is 13.3 Å². The lowest BCUT2D eigenvalue weighted by Gasteiger charge is -2.12. The van der Waals surface area contributed by atoms with E-state index in [1.54, 1.807) is 7.05 Å². The average molecular weight is 454 g/mol. The molecule has 2 aromatic rings. The number of pyridine rings is 1. The third kappa shape index (κ3) is 5.48. The Morgan fingerprint density at radius 3 is 2.80 bits per heavy atom. The number of rotatable bonds is 5. The third-order valence-corrected chi connectivity index (χ3v) is 3.75. The van der Waals surface area contributed by atoms with E-state index >= 15 is 0 Å². The van der Waals surface area contributed by atoms with Crippen LogP contribution >= 0.6 is 24.0 Å². The molecule has 7 heteroatoms. The summed E-state index contributed by atoms with van der Waals surface area (Å²) >= 11 is 0. The van der Waals surface area contributed by atoms with Crippen molar-refractivity contribution in [3.63, 3.8) is 0 Å². The fourth-order valence-electron chi connectivity index (χ4n) is 2.51. The van der Waals surface area contributed by atoms with Gasteiger partial charge in [-0.1, -0.05) is 12.1 Å². The summed E-state index contributed by atoms with van der Waals surface area (Å²) < 4.78 is 10.7. The maximum Gasteiger partial charge on any atom is 0.231 e. The number of halogens is 1. The predicted molar refractivity (Wildman–Crippen MR) is 109 cm³/mol. The Bertz CT molecular complexity index is 737. The first-order valence-corrected chi connectivity index (χ1v) is 8.00. The molecule has 1 aromatic carbocycles. The number of aryl methyl sites for hydroxylation is 1. The molecule has 1 aliphatic rings. The summed E-state index contributed by atoms with van der Waals surface area (Å²) in [6, 6.07) is 12.0. The Kier molecular flexibility index (Phi) is 7.30. The van der Waals surface area contributed by atoms with Crippen LogP contribution in [-0.4, -0.2) is 31.3 Å². The molecule has 3 rings (SSSR count). The van der Waals surface area contributed by atoms with Gasteiger partial charge in [-0.15, -0.1) is 24.0 Å². The Hall–Kier alpha value is -2.03. The van der Waals surface area contributed by atoms with Gasteiger partial charge in [-0.2, -0.15) is 0 Å². The standard InChI is InChI=1S/C18H22N4O2.HI/c1-13-4-3-5-15(22-13)11-21-18(19-2)20-9-8-14-6-7-16-17(10-14)24-12-23-16;/h3-7,10H,8-9,11-12H2,1-2H3,(H2,19,20,21);1H. The van der Waals surface area contributed by atoms with Gasteiger partial charge >= 0.3 is 0 Å². The van der Waals surface area contributed by atoms with Crippen molar-refractivity contribution in [3.05, 3.63) is 53.3 Å². The molecule has 134 valence electrons. The molecule has 0 amide bonds. The number of benzene rings is 1. The van der Waals surface area contributed by atoms with E-state index in [0.717, 1.165) is 41.8 Å². The lowest BCUT2D eigenvalue weighted by atomic mass is 10.1. The van der Waals surface area contributed by atoms with Gasteiger partial charge in [0.05, 0.1) is 12.2 Å². The Morgan fingerprint density at radius 2 is 2.00 bits per heavy atom. The van der Waals surface area contributed by atoms with Crippen LogP contribution in [0.15, 0.2) is 41.4 Å². The van der Waals surface area contributed by atoms with Gasteiger partial charge < -0.3 is 20.1 Å². The fourth-order valence-corrected chi connectivity index (χ4v) is 2.51. The first-order valence-electron chi connectivity index (χ1n) is 8.00. The van der Waals surface area contributed by atoms with Gasteiger partial charge in [0.1, 0.15) is 0 Å². The van der Waals surface area contributed by atoms with E-state index in [1.807, 2.05) is 37.3 Å². The molecule has 0 aliphatic carbocycles. The van der Waals surface area contributed by atoms with E-state index in [-0.39, 0.29) is 24.0 Å². The topological polar surface area (TPSA) is 67.8 Å². The minimum absolute atomic E-state index is 0. The van der Waals surface area contributed by atoms with Crippen LogP contribution in [0.1, 0.15) is 17.0 Å². The number of guanidine groups is 1. The third-order valence-electron chi connectivity index (χ3n) is 3.75. The van der Waals surface area contributed by atoms with Crippen LogP contribution in [0.3, 0.4) is 0 Å². The molecular weight excluding hydrogens is 431 g/mol. The Labute approximate surface area is 165 Å². The van der Waals surface area contributed by atoms with Crippen LogP contribution in [0.25, 0.3) is 0 Å². The maximum absolute atomic E-state index is 5.40. The van der Waals surface area contributed by atoms with E-state index in [4.69, 9.17) is 9.47 Å². The zero-order valence-electron chi connectivity index (χ0n) is 14.4. The van der Waals surface area contributed by atoms with Crippen molar-refractivity contribution in [2.45, 2.75) is 19.9 Å². The highest BCUT2D eigenvalue weighted by molar-refractivity contribution is 14.0. The summed E-state index contributed by atoms with van der Waals surface area (Å²) in [5, 5.41) is 6.58. The molecule has 0 radical (unpaired) electrons. The van der Waals surface area contributed by atoms with Gasteiger partial charge in [0.25, 0.3) is 0 Å². The Balaban J connectivity index is 0.00000225. The van der Waals surface area contributed by atoms with Crippen molar-refractivity contribution in [1.29, 1.82) is 0 Å². The second-order valence-corrected chi connectivity index (χ2v) is 5.56.